The predicted octanol–water partition coefficient (Wildman–Crippen LogP) is 1.20. The summed E-state index contributed by atoms with van der Waals surface area (Å²) in [6, 6.07) is 3.09. The molecule has 0 bridgehead atoms. The summed E-state index contributed by atoms with van der Waals surface area (Å²) in [5.41, 5.74) is -1.35. The number of nitrogens with one attached hydrogen (secondary N) is 1. The summed E-state index contributed by atoms with van der Waals surface area (Å²) in [6.07, 6.45) is 0.624. The lowest BCUT2D eigenvalue weighted by atomic mass is 10.0. The molecule has 1 aliphatic heterocycles. The molecule has 2 N–H and O–H groups in total. The first-order valence-electron chi connectivity index (χ1n) is 6.24. The van der Waals surface area contributed by atoms with Gasteiger partial charge < -0.3 is 15.2 Å². The van der Waals surface area contributed by atoms with Crippen LogP contribution < -0.4 is 5.32 Å². The number of nitro groups is 1. The van der Waals surface area contributed by atoms with Gasteiger partial charge in [0.1, 0.15) is 0 Å². The van der Waals surface area contributed by atoms with E-state index in [0.717, 1.165) is 18.2 Å². The molecule has 112 valence electrons. The molecule has 1 fully saturated rings. The van der Waals surface area contributed by atoms with E-state index in [1.165, 1.54) is 0 Å². The van der Waals surface area contributed by atoms with Crippen LogP contribution in [0.3, 0.4) is 0 Å². The number of nitrogens with zero attached hydrogens (tertiary/aromatic N) is 1. The van der Waals surface area contributed by atoms with Gasteiger partial charge in [0, 0.05) is 24.3 Å². The first kappa shape index (κ1) is 14.9. The number of carbonyl (C=O) groups excluding carboxylic acids is 1. The summed E-state index contributed by atoms with van der Waals surface area (Å²) in [5.74, 6) is -1.89. The van der Waals surface area contributed by atoms with Crippen molar-refractivity contribution in [1.82, 2.24) is 5.32 Å². The second-order valence-electron chi connectivity index (χ2n) is 5.15. The molecule has 1 heterocycles. The maximum Gasteiger partial charge on any atom is 0.335 e. The van der Waals surface area contributed by atoms with Gasteiger partial charge in [-0.2, -0.15) is 0 Å². The van der Waals surface area contributed by atoms with E-state index in [4.69, 9.17) is 9.84 Å². The number of ether oxygens (including phenoxy) is 1. The number of hydrogen-bond donors (Lipinski definition) is 2. The minimum Gasteiger partial charge on any atom is -0.478 e. The zero-order chi connectivity index (χ0) is 15.6. The van der Waals surface area contributed by atoms with E-state index < -0.39 is 28.0 Å². The van der Waals surface area contributed by atoms with Crippen molar-refractivity contribution in [2.75, 3.05) is 13.2 Å². The number of carboxylic acid groups (broad SMARTS) is 1. The Hall–Kier alpha value is -2.48. The quantitative estimate of drug-likeness (QED) is 0.636. The first-order chi connectivity index (χ1) is 9.81. The Balaban J connectivity index is 2.31. The number of nitro benzene ring substituents is 1. The van der Waals surface area contributed by atoms with Crippen LogP contribution in [0, 0.1) is 10.1 Å². The Bertz CT molecular complexity index is 574. The largest absolute Gasteiger partial charge is 0.478 e. The topological polar surface area (TPSA) is 119 Å². The second-order valence-corrected chi connectivity index (χ2v) is 5.15. The summed E-state index contributed by atoms with van der Waals surface area (Å²) < 4.78 is 5.20. The lowest BCUT2D eigenvalue weighted by Gasteiger charge is -2.23. The minimum absolute atomic E-state index is 0.0604. The monoisotopic (exact) mass is 294 g/mol. The van der Waals surface area contributed by atoms with Gasteiger partial charge in [0.05, 0.1) is 22.6 Å². The Labute approximate surface area is 119 Å². The molecule has 1 atom stereocenters. The number of carbonyl (C=O) groups is 2. The number of benzene rings is 1. The van der Waals surface area contributed by atoms with Crippen molar-refractivity contribution >= 4 is 17.6 Å². The molecule has 1 aromatic rings. The third kappa shape index (κ3) is 3.34. The molecule has 0 spiro atoms. The molecule has 8 heteroatoms. The molecule has 0 radical (unpaired) electrons. The van der Waals surface area contributed by atoms with Crippen LogP contribution in [0.1, 0.15) is 34.1 Å². The van der Waals surface area contributed by atoms with Gasteiger partial charge in [0.2, 0.25) is 0 Å². The molecular formula is C13H14N2O6. The minimum atomic E-state index is -1.33. The van der Waals surface area contributed by atoms with E-state index in [-0.39, 0.29) is 11.1 Å². The van der Waals surface area contributed by atoms with Crippen molar-refractivity contribution in [3.8, 4) is 0 Å². The summed E-state index contributed by atoms with van der Waals surface area (Å²) in [6.45, 7) is 2.67. The third-order valence-electron chi connectivity index (χ3n) is 3.27. The Kier molecular flexibility index (Phi) is 3.90. The maximum absolute atomic E-state index is 12.2. The number of non-ortho nitro benzene ring substituents is 1. The van der Waals surface area contributed by atoms with Crippen LogP contribution in [0.5, 0.6) is 0 Å². The van der Waals surface area contributed by atoms with E-state index >= 15 is 0 Å². The first-order valence-corrected chi connectivity index (χ1v) is 6.24. The van der Waals surface area contributed by atoms with Crippen molar-refractivity contribution in [3.63, 3.8) is 0 Å². The van der Waals surface area contributed by atoms with Gasteiger partial charge in [0.25, 0.3) is 11.6 Å². The van der Waals surface area contributed by atoms with Crippen LogP contribution in [0.25, 0.3) is 0 Å². The highest BCUT2D eigenvalue weighted by atomic mass is 16.6. The molecule has 2 rings (SSSR count). The van der Waals surface area contributed by atoms with Crippen molar-refractivity contribution in [2.24, 2.45) is 0 Å². The number of rotatable bonds is 4. The average molecular weight is 294 g/mol. The van der Waals surface area contributed by atoms with Crippen LogP contribution in [-0.4, -0.2) is 40.7 Å². The Morgan fingerprint density at radius 2 is 2.05 bits per heavy atom. The smallest absolute Gasteiger partial charge is 0.335 e. The van der Waals surface area contributed by atoms with Crippen molar-refractivity contribution in [1.29, 1.82) is 0 Å². The summed E-state index contributed by atoms with van der Waals surface area (Å²) in [4.78, 5) is 33.2. The van der Waals surface area contributed by atoms with Crippen LogP contribution in [-0.2, 0) is 4.74 Å². The van der Waals surface area contributed by atoms with E-state index in [2.05, 4.69) is 5.32 Å². The highest BCUT2D eigenvalue weighted by Gasteiger charge is 2.32. The lowest BCUT2D eigenvalue weighted by Crippen LogP contribution is -2.46. The van der Waals surface area contributed by atoms with Crippen molar-refractivity contribution < 1.29 is 24.4 Å². The normalized spacial score (nSPS) is 21.0. The number of hydrogen-bond acceptors (Lipinski definition) is 5. The number of aromatic carboxylic acids is 1. The van der Waals surface area contributed by atoms with E-state index in [1.54, 1.807) is 6.92 Å². The fourth-order valence-corrected chi connectivity index (χ4v) is 2.08. The fraction of sp³-hybridized carbons (Fsp3) is 0.385. The maximum atomic E-state index is 12.2. The molecule has 21 heavy (non-hydrogen) atoms. The van der Waals surface area contributed by atoms with Gasteiger partial charge in [-0.3, -0.25) is 14.9 Å². The highest BCUT2D eigenvalue weighted by Crippen LogP contribution is 2.21. The molecule has 1 aliphatic rings. The Morgan fingerprint density at radius 1 is 1.38 bits per heavy atom. The Morgan fingerprint density at radius 3 is 2.57 bits per heavy atom. The van der Waals surface area contributed by atoms with Gasteiger partial charge in [-0.15, -0.1) is 0 Å². The SMILES string of the molecule is CC1(NC(=O)c2cc(C(=O)O)cc([N+](=O)[O-])c2)CCOC1. The molecule has 0 saturated carbocycles. The molecule has 1 unspecified atom stereocenters. The highest BCUT2D eigenvalue weighted by molar-refractivity contribution is 5.98. The van der Waals surface area contributed by atoms with Gasteiger partial charge >= 0.3 is 5.97 Å². The van der Waals surface area contributed by atoms with Gasteiger partial charge in [-0.1, -0.05) is 0 Å². The van der Waals surface area contributed by atoms with Gasteiger partial charge in [0.15, 0.2) is 0 Å². The number of carboxylic acids is 1. The molecule has 1 aromatic carbocycles. The van der Waals surface area contributed by atoms with Gasteiger partial charge in [-0.25, -0.2) is 4.79 Å². The third-order valence-corrected chi connectivity index (χ3v) is 3.27. The van der Waals surface area contributed by atoms with Crippen molar-refractivity contribution in [2.45, 2.75) is 18.9 Å². The lowest BCUT2D eigenvalue weighted by molar-refractivity contribution is -0.384. The standard InChI is InChI=1S/C13H14N2O6/c1-13(2-3-21-7-13)14-11(16)8-4-9(12(17)18)6-10(5-8)15(19)20/h4-6H,2-3,7H2,1H3,(H,14,16)(H,17,18). The summed E-state index contributed by atoms with van der Waals surface area (Å²) in [7, 11) is 0. The second kappa shape index (κ2) is 5.49. The molecular weight excluding hydrogens is 280 g/mol. The average Bonchev–Trinajstić information content (AvgIpc) is 2.84. The molecule has 0 aromatic heterocycles. The van der Waals surface area contributed by atoms with E-state index in [0.29, 0.717) is 19.6 Å². The zero-order valence-corrected chi connectivity index (χ0v) is 11.3. The molecule has 8 nitrogen and oxygen atoms in total. The van der Waals surface area contributed by atoms with Crippen molar-refractivity contribution in [3.05, 3.63) is 39.4 Å². The summed E-state index contributed by atoms with van der Waals surface area (Å²) in [5, 5.41) is 22.5. The van der Waals surface area contributed by atoms with E-state index in [9.17, 15) is 19.7 Å². The zero-order valence-electron chi connectivity index (χ0n) is 11.3. The fourth-order valence-electron chi connectivity index (χ4n) is 2.08. The molecule has 1 amide bonds. The predicted molar refractivity (Wildman–Crippen MR) is 71.4 cm³/mol. The molecule has 0 aliphatic carbocycles. The molecule has 1 saturated heterocycles. The summed E-state index contributed by atoms with van der Waals surface area (Å²) >= 11 is 0. The number of amides is 1. The van der Waals surface area contributed by atoms with Crippen LogP contribution in [0.2, 0.25) is 0 Å². The van der Waals surface area contributed by atoms with Crippen LogP contribution in [0.4, 0.5) is 5.69 Å². The van der Waals surface area contributed by atoms with Crippen LogP contribution in [0.15, 0.2) is 18.2 Å². The van der Waals surface area contributed by atoms with Crippen LogP contribution >= 0.6 is 0 Å². The van der Waals surface area contributed by atoms with E-state index in [1.807, 2.05) is 0 Å². The van der Waals surface area contributed by atoms with Gasteiger partial charge in [-0.05, 0) is 19.4 Å².